The molecule has 1 amide bonds. The smallest absolute Gasteiger partial charge is 0.225 e. The molecule has 0 saturated carbocycles. The van der Waals surface area contributed by atoms with Crippen molar-refractivity contribution in [3.05, 3.63) is 23.0 Å². The van der Waals surface area contributed by atoms with Gasteiger partial charge in [0.05, 0.1) is 12.2 Å². The zero-order chi connectivity index (χ0) is 11.5. The molecule has 0 spiro atoms. The first kappa shape index (κ1) is 11.3. The van der Waals surface area contributed by atoms with Gasteiger partial charge >= 0.3 is 0 Å². The van der Waals surface area contributed by atoms with Crippen LogP contribution in [0.1, 0.15) is 25.5 Å². The maximum atomic E-state index is 11.8. The van der Waals surface area contributed by atoms with Crippen molar-refractivity contribution in [1.82, 2.24) is 15.1 Å². The molecule has 0 aliphatic carbocycles. The van der Waals surface area contributed by atoms with Crippen LogP contribution in [0.3, 0.4) is 0 Å². The number of hydrogen-bond acceptors (Lipinski definition) is 3. The van der Waals surface area contributed by atoms with E-state index in [2.05, 4.69) is 10.2 Å². The van der Waals surface area contributed by atoms with Crippen LogP contribution in [0.15, 0.2) is 12.1 Å². The van der Waals surface area contributed by atoms with Crippen LogP contribution in [0.2, 0.25) is 5.15 Å². The molecule has 4 nitrogen and oxygen atoms in total. The molecule has 2 heterocycles. The van der Waals surface area contributed by atoms with E-state index in [-0.39, 0.29) is 11.8 Å². The van der Waals surface area contributed by atoms with Gasteiger partial charge in [-0.25, -0.2) is 0 Å². The van der Waals surface area contributed by atoms with Crippen LogP contribution in [0, 0.1) is 5.92 Å². The Labute approximate surface area is 99.6 Å². The highest BCUT2D eigenvalue weighted by molar-refractivity contribution is 6.29. The lowest BCUT2D eigenvalue weighted by molar-refractivity contribution is -0.138. The van der Waals surface area contributed by atoms with E-state index in [1.807, 2.05) is 17.9 Å². The highest BCUT2D eigenvalue weighted by atomic mass is 35.5. The molecule has 1 saturated heterocycles. The number of piperidine rings is 1. The highest BCUT2D eigenvalue weighted by Gasteiger charge is 2.25. The number of rotatable bonds is 2. The van der Waals surface area contributed by atoms with E-state index < -0.39 is 0 Å². The van der Waals surface area contributed by atoms with Crippen LogP contribution in [0.25, 0.3) is 0 Å². The molecule has 5 heteroatoms. The molecule has 0 radical (unpaired) electrons. The summed E-state index contributed by atoms with van der Waals surface area (Å²) in [6.07, 6.45) is 2.05. The number of halogens is 1. The summed E-state index contributed by atoms with van der Waals surface area (Å²) in [5.74, 6) is 0.344. The first-order valence-corrected chi connectivity index (χ1v) is 5.81. The molecule has 1 fully saturated rings. The Morgan fingerprint density at radius 1 is 1.50 bits per heavy atom. The van der Waals surface area contributed by atoms with Crippen molar-refractivity contribution in [3.63, 3.8) is 0 Å². The number of carbonyl (C=O) groups is 1. The van der Waals surface area contributed by atoms with Crippen molar-refractivity contribution in [3.8, 4) is 0 Å². The van der Waals surface area contributed by atoms with Gasteiger partial charge in [-0.2, -0.15) is 5.10 Å². The van der Waals surface area contributed by atoms with Gasteiger partial charge in [0.25, 0.3) is 0 Å². The quantitative estimate of drug-likeness (QED) is 0.792. The van der Waals surface area contributed by atoms with Gasteiger partial charge < -0.3 is 4.90 Å². The predicted octanol–water partition coefficient (Wildman–Crippen LogP) is 1.89. The second kappa shape index (κ2) is 4.78. The van der Waals surface area contributed by atoms with E-state index in [1.165, 1.54) is 0 Å². The van der Waals surface area contributed by atoms with Gasteiger partial charge in [0, 0.05) is 12.5 Å². The fourth-order valence-electron chi connectivity index (χ4n) is 1.91. The van der Waals surface area contributed by atoms with Crippen LogP contribution in [-0.4, -0.2) is 27.5 Å². The SMILES string of the molecule is CC1CCCN(Cc2ccc(Cl)nn2)C1=O. The third kappa shape index (κ3) is 2.50. The fraction of sp³-hybridized carbons (Fsp3) is 0.545. The van der Waals surface area contributed by atoms with Crippen molar-refractivity contribution in [2.45, 2.75) is 26.3 Å². The van der Waals surface area contributed by atoms with Gasteiger partial charge in [0.15, 0.2) is 5.15 Å². The zero-order valence-electron chi connectivity index (χ0n) is 9.19. The standard InChI is InChI=1S/C11H14ClN3O/c1-8-3-2-6-15(11(8)16)7-9-4-5-10(12)14-13-9/h4-5,8H,2-3,6-7H2,1H3. The molecule has 1 unspecified atom stereocenters. The average molecular weight is 240 g/mol. The maximum Gasteiger partial charge on any atom is 0.225 e. The molecular weight excluding hydrogens is 226 g/mol. The molecule has 0 N–H and O–H groups in total. The first-order valence-electron chi connectivity index (χ1n) is 5.43. The minimum Gasteiger partial charge on any atom is -0.336 e. The number of amides is 1. The average Bonchev–Trinajstić information content (AvgIpc) is 2.28. The van der Waals surface area contributed by atoms with E-state index in [4.69, 9.17) is 11.6 Å². The van der Waals surface area contributed by atoms with Crippen LogP contribution in [0.4, 0.5) is 0 Å². The Morgan fingerprint density at radius 2 is 2.31 bits per heavy atom. The van der Waals surface area contributed by atoms with E-state index in [1.54, 1.807) is 6.07 Å². The van der Waals surface area contributed by atoms with E-state index in [0.29, 0.717) is 11.7 Å². The van der Waals surface area contributed by atoms with Crippen molar-refractivity contribution >= 4 is 17.5 Å². The van der Waals surface area contributed by atoms with Gasteiger partial charge in [-0.15, -0.1) is 5.10 Å². The lowest BCUT2D eigenvalue weighted by atomic mass is 9.99. The summed E-state index contributed by atoms with van der Waals surface area (Å²) in [4.78, 5) is 13.7. The largest absolute Gasteiger partial charge is 0.336 e. The fourth-order valence-corrected chi connectivity index (χ4v) is 2.01. The van der Waals surface area contributed by atoms with Crippen molar-refractivity contribution in [1.29, 1.82) is 0 Å². The third-order valence-corrected chi connectivity index (χ3v) is 3.04. The molecule has 1 aromatic rings. The second-order valence-corrected chi connectivity index (χ2v) is 4.54. The third-order valence-electron chi connectivity index (χ3n) is 2.84. The molecule has 0 bridgehead atoms. The predicted molar refractivity (Wildman–Crippen MR) is 60.9 cm³/mol. The summed E-state index contributed by atoms with van der Waals surface area (Å²) in [6, 6.07) is 3.50. The summed E-state index contributed by atoms with van der Waals surface area (Å²) >= 11 is 5.65. The normalized spacial score (nSPS) is 21.2. The molecule has 1 aromatic heterocycles. The Kier molecular flexibility index (Phi) is 3.39. The summed E-state index contributed by atoms with van der Waals surface area (Å²) in [5, 5.41) is 8.10. The van der Waals surface area contributed by atoms with Crippen LogP contribution in [0.5, 0.6) is 0 Å². The maximum absolute atomic E-state index is 11.8. The minimum atomic E-state index is 0.133. The summed E-state index contributed by atoms with van der Waals surface area (Å²) in [7, 11) is 0. The van der Waals surface area contributed by atoms with E-state index in [9.17, 15) is 4.79 Å². The molecule has 1 aliphatic rings. The second-order valence-electron chi connectivity index (χ2n) is 4.15. The summed E-state index contributed by atoms with van der Waals surface area (Å²) in [5.41, 5.74) is 0.784. The van der Waals surface area contributed by atoms with Crippen molar-refractivity contribution in [2.75, 3.05) is 6.54 Å². The molecule has 0 aromatic carbocycles. The van der Waals surface area contributed by atoms with Gasteiger partial charge in [-0.05, 0) is 25.0 Å². The van der Waals surface area contributed by atoms with Crippen LogP contribution in [-0.2, 0) is 11.3 Å². The molecule has 16 heavy (non-hydrogen) atoms. The van der Waals surface area contributed by atoms with Crippen LogP contribution < -0.4 is 0 Å². The lowest BCUT2D eigenvalue weighted by Crippen LogP contribution is -2.39. The van der Waals surface area contributed by atoms with Gasteiger partial charge in [0.1, 0.15) is 0 Å². The number of nitrogens with zero attached hydrogens (tertiary/aromatic N) is 3. The first-order chi connectivity index (χ1) is 7.66. The Balaban J connectivity index is 2.03. The number of aromatic nitrogens is 2. The van der Waals surface area contributed by atoms with E-state index >= 15 is 0 Å². The van der Waals surface area contributed by atoms with Gasteiger partial charge in [-0.1, -0.05) is 18.5 Å². The molecule has 1 atom stereocenters. The van der Waals surface area contributed by atoms with E-state index in [0.717, 1.165) is 25.1 Å². The Hall–Kier alpha value is -1.16. The Morgan fingerprint density at radius 3 is 3.00 bits per heavy atom. The lowest BCUT2D eigenvalue weighted by Gasteiger charge is -2.30. The monoisotopic (exact) mass is 239 g/mol. The molecular formula is C11H14ClN3O. The molecule has 1 aliphatic heterocycles. The number of likely N-dealkylation sites (tertiary alicyclic amines) is 1. The van der Waals surface area contributed by atoms with Crippen molar-refractivity contribution < 1.29 is 4.79 Å². The summed E-state index contributed by atoms with van der Waals surface area (Å²) in [6.45, 7) is 3.32. The summed E-state index contributed by atoms with van der Waals surface area (Å²) < 4.78 is 0. The van der Waals surface area contributed by atoms with Gasteiger partial charge in [-0.3, -0.25) is 4.79 Å². The highest BCUT2D eigenvalue weighted by Crippen LogP contribution is 2.18. The van der Waals surface area contributed by atoms with Crippen LogP contribution >= 0.6 is 11.6 Å². The zero-order valence-corrected chi connectivity index (χ0v) is 9.94. The van der Waals surface area contributed by atoms with Gasteiger partial charge in [0.2, 0.25) is 5.91 Å². The topological polar surface area (TPSA) is 46.1 Å². The minimum absolute atomic E-state index is 0.133. The molecule has 86 valence electrons. The number of carbonyl (C=O) groups excluding carboxylic acids is 1. The number of hydrogen-bond donors (Lipinski definition) is 0. The molecule has 2 rings (SSSR count). The van der Waals surface area contributed by atoms with Crippen molar-refractivity contribution in [2.24, 2.45) is 5.92 Å². The Bertz CT molecular complexity index is 379.